The first-order chi connectivity index (χ1) is 16.9. The summed E-state index contributed by atoms with van der Waals surface area (Å²) in [6.07, 6.45) is 2.13. The number of aryl methyl sites for hydroxylation is 1. The number of benzene rings is 3. The van der Waals surface area contributed by atoms with Crippen LogP contribution in [-0.4, -0.2) is 17.5 Å². The van der Waals surface area contributed by atoms with E-state index < -0.39 is 5.91 Å². The van der Waals surface area contributed by atoms with Gasteiger partial charge in [-0.25, -0.2) is 5.43 Å². The lowest BCUT2D eigenvalue weighted by Crippen LogP contribution is -2.22. The van der Waals surface area contributed by atoms with E-state index in [2.05, 4.69) is 15.8 Å². The molecule has 0 saturated heterocycles. The number of hydrogen-bond donors (Lipinski definition) is 2. The Morgan fingerprint density at radius 2 is 1.77 bits per heavy atom. The largest absolute Gasteiger partial charge is 0.455 e. The van der Waals surface area contributed by atoms with Gasteiger partial charge in [-0.15, -0.1) is 0 Å². The number of rotatable bonds is 4. The summed E-state index contributed by atoms with van der Waals surface area (Å²) in [5.41, 5.74) is 5.74. The first kappa shape index (κ1) is 23.1. The molecule has 6 nitrogen and oxygen atoms in total. The topological polar surface area (TPSA) is 83.7 Å². The minimum Gasteiger partial charge on any atom is -0.455 e. The van der Waals surface area contributed by atoms with Crippen molar-refractivity contribution in [2.45, 2.75) is 26.2 Å². The van der Waals surface area contributed by atoms with Crippen LogP contribution in [0.3, 0.4) is 0 Å². The van der Waals surface area contributed by atoms with E-state index in [1.807, 2.05) is 43.3 Å². The maximum Gasteiger partial charge on any atom is 0.291 e. The third-order valence-corrected chi connectivity index (χ3v) is 6.60. The second-order valence-electron chi connectivity index (χ2n) is 8.31. The highest BCUT2D eigenvalue weighted by molar-refractivity contribution is 6.35. The van der Waals surface area contributed by atoms with Gasteiger partial charge in [-0.3, -0.25) is 9.59 Å². The van der Waals surface area contributed by atoms with Crippen molar-refractivity contribution < 1.29 is 14.0 Å². The van der Waals surface area contributed by atoms with Crippen LogP contribution in [0.1, 0.15) is 50.6 Å². The van der Waals surface area contributed by atoms with E-state index in [4.69, 9.17) is 27.6 Å². The van der Waals surface area contributed by atoms with Gasteiger partial charge in [0.2, 0.25) is 0 Å². The van der Waals surface area contributed by atoms with Crippen LogP contribution >= 0.6 is 23.2 Å². The summed E-state index contributed by atoms with van der Waals surface area (Å²) in [4.78, 5) is 25.9. The van der Waals surface area contributed by atoms with Gasteiger partial charge in [0.1, 0.15) is 5.76 Å². The van der Waals surface area contributed by atoms with Crippen molar-refractivity contribution >= 4 is 57.2 Å². The zero-order valence-corrected chi connectivity index (χ0v) is 20.3. The molecule has 1 heterocycles. The van der Waals surface area contributed by atoms with E-state index in [1.54, 1.807) is 24.3 Å². The summed E-state index contributed by atoms with van der Waals surface area (Å²) in [7, 11) is 0. The molecule has 2 amide bonds. The molecule has 0 radical (unpaired) electrons. The van der Waals surface area contributed by atoms with Crippen LogP contribution in [0.15, 0.2) is 70.2 Å². The van der Waals surface area contributed by atoms with Crippen LogP contribution < -0.4 is 10.7 Å². The smallest absolute Gasteiger partial charge is 0.291 e. The Morgan fingerprint density at radius 3 is 2.63 bits per heavy atom. The van der Waals surface area contributed by atoms with Crippen LogP contribution in [0, 0.1) is 6.92 Å². The van der Waals surface area contributed by atoms with E-state index in [0.29, 0.717) is 51.2 Å². The maximum atomic E-state index is 13.0. The molecule has 3 aromatic carbocycles. The van der Waals surface area contributed by atoms with Gasteiger partial charge < -0.3 is 9.73 Å². The molecule has 0 atom stereocenters. The minimum absolute atomic E-state index is 0.182. The van der Waals surface area contributed by atoms with Gasteiger partial charge in [-0.05, 0) is 54.8 Å². The molecule has 0 aliphatic heterocycles. The van der Waals surface area contributed by atoms with Crippen molar-refractivity contribution in [3.63, 3.8) is 0 Å². The quantitative estimate of drug-likeness (QED) is 0.300. The number of carbonyl (C=O) groups excluding carboxylic acids is 2. The molecule has 0 fully saturated rings. The molecule has 5 rings (SSSR count). The van der Waals surface area contributed by atoms with Gasteiger partial charge in [0.05, 0.1) is 16.4 Å². The highest BCUT2D eigenvalue weighted by Gasteiger charge is 2.28. The molecule has 2 N–H and O–H groups in total. The van der Waals surface area contributed by atoms with Gasteiger partial charge in [0.25, 0.3) is 11.8 Å². The maximum absolute atomic E-state index is 13.0. The summed E-state index contributed by atoms with van der Waals surface area (Å²) in [5.74, 6) is 0.131. The Morgan fingerprint density at radius 1 is 0.971 bits per heavy atom. The van der Waals surface area contributed by atoms with Crippen LogP contribution in [0.5, 0.6) is 0 Å². The summed E-state index contributed by atoms with van der Waals surface area (Å²) in [6.45, 7) is 1.81. The van der Waals surface area contributed by atoms with Gasteiger partial charge in [-0.1, -0.05) is 59.6 Å². The Bertz CT molecular complexity index is 1500. The average Bonchev–Trinajstić information content (AvgIpc) is 3.21. The minimum atomic E-state index is -0.430. The van der Waals surface area contributed by atoms with Crippen LogP contribution in [0.4, 0.5) is 5.69 Å². The molecule has 0 unspecified atom stereocenters. The van der Waals surface area contributed by atoms with Crippen LogP contribution in [-0.2, 0) is 6.42 Å². The molecule has 0 spiro atoms. The lowest BCUT2D eigenvalue weighted by Gasteiger charge is -2.13. The van der Waals surface area contributed by atoms with Crippen molar-refractivity contribution in [2.75, 3.05) is 5.32 Å². The van der Waals surface area contributed by atoms with E-state index in [1.165, 1.54) is 0 Å². The number of fused-ring (bicyclic) bond motifs is 2. The second-order valence-corrected chi connectivity index (χ2v) is 9.16. The molecule has 0 bridgehead atoms. The molecule has 1 aromatic heterocycles. The normalized spacial score (nSPS) is 14.1. The highest BCUT2D eigenvalue weighted by Crippen LogP contribution is 2.32. The Hall–Kier alpha value is -3.61. The van der Waals surface area contributed by atoms with E-state index >= 15 is 0 Å². The molecule has 35 heavy (non-hydrogen) atoms. The predicted octanol–water partition coefficient (Wildman–Crippen LogP) is 6.77. The Balaban J connectivity index is 1.41. The van der Waals surface area contributed by atoms with Gasteiger partial charge in [0.15, 0.2) is 5.76 Å². The molecule has 0 saturated carbocycles. The lowest BCUT2D eigenvalue weighted by molar-refractivity contribution is 0.0955. The van der Waals surface area contributed by atoms with Crippen LogP contribution in [0.2, 0.25) is 10.0 Å². The van der Waals surface area contributed by atoms with E-state index in [0.717, 1.165) is 22.8 Å². The molecule has 176 valence electrons. The number of nitrogens with one attached hydrogen (secondary N) is 2. The molecular weight excluding hydrogens is 485 g/mol. The predicted molar refractivity (Wildman–Crippen MR) is 139 cm³/mol. The first-order valence-corrected chi connectivity index (χ1v) is 11.9. The number of hydrazone groups is 1. The van der Waals surface area contributed by atoms with E-state index in [-0.39, 0.29) is 11.7 Å². The number of amides is 2. The van der Waals surface area contributed by atoms with Crippen molar-refractivity contribution in [1.82, 2.24) is 5.43 Å². The zero-order chi connectivity index (χ0) is 24.5. The third-order valence-electron chi connectivity index (χ3n) is 6.04. The molecular formula is C27H21Cl2N3O3. The highest BCUT2D eigenvalue weighted by atomic mass is 35.5. The number of carbonyl (C=O) groups is 2. The molecule has 1 aliphatic carbocycles. The summed E-state index contributed by atoms with van der Waals surface area (Å²) >= 11 is 12.2. The number of anilines is 1. The number of furan rings is 1. The fourth-order valence-electron chi connectivity index (χ4n) is 4.37. The summed E-state index contributed by atoms with van der Waals surface area (Å²) in [6, 6.07) is 18.1. The summed E-state index contributed by atoms with van der Waals surface area (Å²) in [5, 5.41) is 9.86. The van der Waals surface area contributed by atoms with Crippen molar-refractivity contribution in [2.24, 2.45) is 5.10 Å². The number of nitrogens with zero attached hydrogens (tertiary/aromatic N) is 1. The first-order valence-electron chi connectivity index (χ1n) is 11.2. The van der Waals surface area contributed by atoms with E-state index in [9.17, 15) is 9.59 Å². The molecule has 1 aliphatic rings. The van der Waals surface area contributed by atoms with Crippen LogP contribution in [0.25, 0.3) is 10.8 Å². The third kappa shape index (κ3) is 4.55. The monoisotopic (exact) mass is 505 g/mol. The van der Waals surface area contributed by atoms with Gasteiger partial charge in [0, 0.05) is 28.1 Å². The zero-order valence-electron chi connectivity index (χ0n) is 18.8. The second kappa shape index (κ2) is 9.56. The van der Waals surface area contributed by atoms with Gasteiger partial charge >= 0.3 is 0 Å². The Kier molecular flexibility index (Phi) is 6.32. The summed E-state index contributed by atoms with van der Waals surface area (Å²) < 4.78 is 5.94. The SMILES string of the molecule is Cc1c(C(=O)Nc2cc(Cl)ccc2Cl)oc2c1/C(=N/NC(=O)c1cccc3ccccc13)CCC2. The van der Waals surface area contributed by atoms with Crippen molar-refractivity contribution in [3.8, 4) is 0 Å². The fraction of sp³-hybridized carbons (Fsp3) is 0.148. The molecule has 4 aromatic rings. The molecule has 8 heteroatoms. The van der Waals surface area contributed by atoms with Gasteiger partial charge in [-0.2, -0.15) is 5.10 Å². The number of hydrogen-bond acceptors (Lipinski definition) is 4. The van der Waals surface area contributed by atoms with Crippen molar-refractivity contribution in [3.05, 3.63) is 98.9 Å². The lowest BCUT2D eigenvalue weighted by atomic mass is 9.93. The van der Waals surface area contributed by atoms with Crippen molar-refractivity contribution in [1.29, 1.82) is 0 Å². The number of halogens is 2. The Labute approximate surface area is 211 Å². The standard InChI is InChI=1S/C27H21Cl2N3O3/c1-15-24-21(31-32-26(33)19-9-4-7-16-6-2-3-8-18(16)19)10-5-11-23(24)35-25(15)27(34)30-22-14-17(28)12-13-20(22)29/h2-4,6-9,12-14H,5,10-11H2,1H3,(H,30,34)(H,32,33)/b31-21+. The average molecular weight is 506 g/mol. The fourth-order valence-corrected chi connectivity index (χ4v) is 4.71.